The Morgan fingerprint density at radius 3 is 2.61 bits per heavy atom. The van der Waals surface area contributed by atoms with E-state index >= 15 is 0 Å². The number of aliphatic hydroxyl groups is 1. The molecule has 0 bridgehead atoms. The molecule has 0 spiro atoms. The third kappa shape index (κ3) is 5.50. The SMILES string of the molecule is CCCCCCC(CO)Nc1cc(C)cc(F)c1. The molecule has 1 aromatic rings. The van der Waals surface area contributed by atoms with Crippen LogP contribution in [0.15, 0.2) is 18.2 Å². The average molecular weight is 253 g/mol. The molecule has 0 heterocycles. The lowest BCUT2D eigenvalue weighted by Gasteiger charge is -2.18. The summed E-state index contributed by atoms with van der Waals surface area (Å²) in [5.41, 5.74) is 1.64. The number of aliphatic hydroxyl groups excluding tert-OH is 1. The van der Waals surface area contributed by atoms with Gasteiger partial charge >= 0.3 is 0 Å². The van der Waals surface area contributed by atoms with Crippen LogP contribution in [0.5, 0.6) is 0 Å². The molecule has 2 N–H and O–H groups in total. The molecular weight excluding hydrogens is 229 g/mol. The highest BCUT2D eigenvalue weighted by atomic mass is 19.1. The Kier molecular flexibility index (Phi) is 6.73. The van der Waals surface area contributed by atoms with Crippen molar-refractivity contribution in [2.45, 2.75) is 52.0 Å². The number of nitrogens with one attached hydrogen (secondary N) is 1. The fraction of sp³-hybridized carbons (Fsp3) is 0.600. The Hall–Kier alpha value is -1.09. The maximum atomic E-state index is 13.2. The zero-order valence-electron chi connectivity index (χ0n) is 11.4. The zero-order valence-corrected chi connectivity index (χ0v) is 11.4. The van der Waals surface area contributed by atoms with Crippen molar-refractivity contribution in [2.75, 3.05) is 11.9 Å². The summed E-state index contributed by atoms with van der Waals surface area (Å²) in [6.45, 7) is 4.13. The van der Waals surface area contributed by atoms with E-state index in [1.807, 2.05) is 13.0 Å². The van der Waals surface area contributed by atoms with Gasteiger partial charge in [-0.25, -0.2) is 4.39 Å². The molecule has 0 aromatic heterocycles. The number of hydrogen-bond donors (Lipinski definition) is 2. The maximum absolute atomic E-state index is 13.2. The average Bonchev–Trinajstić information content (AvgIpc) is 2.32. The molecule has 0 saturated heterocycles. The number of halogens is 1. The summed E-state index contributed by atoms with van der Waals surface area (Å²) < 4.78 is 13.2. The van der Waals surface area contributed by atoms with Crippen molar-refractivity contribution in [3.8, 4) is 0 Å². The van der Waals surface area contributed by atoms with Crippen LogP contribution < -0.4 is 5.32 Å². The van der Waals surface area contributed by atoms with E-state index in [2.05, 4.69) is 12.2 Å². The number of benzene rings is 1. The minimum absolute atomic E-state index is 0.0167. The van der Waals surface area contributed by atoms with E-state index in [0.29, 0.717) is 0 Å². The number of rotatable bonds is 8. The predicted octanol–water partition coefficient (Wildman–Crippen LogP) is 3.88. The minimum Gasteiger partial charge on any atom is -0.394 e. The summed E-state index contributed by atoms with van der Waals surface area (Å²) in [7, 11) is 0. The van der Waals surface area contributed by atoms with Gasteiger partial charge in [0.2, 0.25) is 0 Å². The molecule has 1 aromatic carbocycles. The lowest BCUT2D eigenvalue weighted by molar-refractivity contribution is 0.266. The van der Waals surface area contributed by atoms with Gasteiger partial charge in [-0.05, 0) is 37.1 Å². The van der Waals surface area contributed by atoms with Crippen LogP contribution >= 0.6 is 0 Å². The first-order chi connectivity index (χ1) is 8.65. The molecular formula is C15H24FNO. The Morgan fingerprint density at radius 1 is 1.22 bits per heavy atom. The first kappa shape index (κ1) is 15.0. The number of unbranched alkanes of at least 4 members (excludes halogenated alkanes) is 3. The van der Waals surface area contributed by atoms with Crippen LogP contribution in [0.1, 0.15) is 44.6 Å². The van der Waals surface area contributed by atoms with E-state index in [1.54, 1.807) is 0 Å². The molecule has 102 valence electrons. The lowest BCUT2D eigenvalue weighted by Crippen LogP contribution is -2.23. The monoisotopic (exact) mass is 253 g/mol. The fourth-order valence-corrected chi connectivity index (χ4v) is 2.08. The maximum Gasteiger partial charge on any atom is 0.125 e. The summed E-state index contributed by atoms with van der Waals surface area (Å²) >= 11 is 0. The number of hydrogen-bond acceptors (Lipinski definition) is 2. The topological polar surface area (TPSA) is 32.3 Å². The van der Waals surface area contributed by atoms with Crippen molar-refractivity contribution in [1.82, 2.24) is 0 Å². The Balaban J connectivity index is 2.46. The van der Waals surface area contributed by atoms with Gasteiger partial charge in [0.1, 0.15) is 5.82 Å². The van der Waals surface area contributed by atoms with Gasteiger partial charge in [-0.2, -0.15) is 0 Å². The molecule has 0 aliphatic carbocycles. The van der Waals surface area contributed by atoms with Crippen LogP contribution in [0.3, 0.4) is 0 Å². The molecule has 18 heavy (non-hydrogen) atoms. The lowest BCUT2D eigenvalue weighted by atomic mass is 10.1. The van der Waals surface area contributed by atoms with Crippen LogP contribution in [-0.4, -0.2) is 17.8 Å². The molecule has 0 aliphatic rings. The van der Waals surface area contributed by atoms with Crippen LogP contribution in [0.25, 0.3) is 0 Å². The van der Waals surface area contributed by atoms with E-state index in [4.69, 9.17) is 0 Å². The third-order valence-corrected chi connectivity index (χ3v) is 3.04. The summed E-state index contributed by atoms with van der Waals surface area (Å²) in [5, 5.41) is 12.5. The normalized spacial score (nSPS) is 12.4. The van der Waals surface area contributed by atoms with Crippen molar-refractivity contribution >= 4 is 5.69 Å². The van der Waals surface area contributed by atoms with Gasteiger partial charge in [-0.1, -0.05) is 32.6 Å². The van der Waals surface area contributed by atoms with E-state index < -0.39 is 0 Å². The van der Waals surface area contributed by atoms with E-state index in [0.717, 1.165) is 24.1 Å². The highest BCUT2D eigenvalue weighted by Gasteiger charge is 2.07. The van der Waals surface area contributed by atoms with Crippen molar-refractivity contribution in [3.05, 3.63) is 29.6 Å². The molecule has 1 atom stereocenters. The van der Waals surface area contributed by atoms with E-state index in [9.17, 15) is 9.50 Å². The Morgan fingerprint density at radius 2 is 2.00 bits per heavy atom. The molecule has 0 amide bonds. The van der Waals surface area contributed by atoms with Gasteiger partial charge in [-0.3, -0.25) is 0 Å². The van der Waals surface area contributed by atoms with E-state index in [1.165, 1.54) is 31.4 Å². The van der Waals surface area contributed by atoms with Crippen LogP contribution in [0.4, 0.5) is 10.1 Å². The highest BCUT2D eigenvalue weighted by Crippen LogP contribution is 2.16. The fourth-order valence-electron chi connectivity index (χ4n) is 2.08. The van der Waals surface area contributed by atoms with Crippen LogP contribution in [-0.2, 0) is 0 Å². The highest BCUT2D eigenvalue weighted by molar-refractivity contribution is 5.46. The molecule has 1 rings (SSSR count). The molecule has 0 radical (unpaired) electrons. The number of aryl methyl sites for hydroxylation is 1. The second-order valence-corrected chi connectivity index (χ2v) is 4.89. The summed E-state index contributed by atoms with van der Waals surface area (Å²) in [6.07, 6.45) is 5.65. The van der Waals surface area contributed by atoms with Gasteiger partial charge in [0.15, 0.2) is 0 Å². The second kappa shape index (κ2) is 8.09. The molecule has 0 aliphatic heterocycles. The minimum atomic E-state index is -0.236. The largest absolute Gasteiger partial charge is 0.394 e. The molecule has 0 fully saturated rings. The summed E-state index contributed by atoms with van der Waals surface area (Å²) in [4.78, 5) is 0. The van der Waals surface area contributed by atoms with Crippen molar-refractivity contribution in [1.29, 1.82) is 0 Å². The molecule has 0 saturated carbocycles. The smallest absolute Gasteiger partial charge is 0.125 e. The van der Waals surface area contributed by atoms with Crippen LogP contribution in [0, 0.1) is 12.7 Å². The second-order valence-electron chi connectivity index (χ2n) is 4.89. The van der Waals surface area contributed by atoms with Crippen molar-refractivity contribution < 1.29 is 9.50 Å². The van der Waals surface area contributed by atoms with Crippen molar-refractivity contribution in [3.63, 3.8) is 0 Å². The Labute approximate surface area is 109 Å². The molecule has 2 nitrogen and oxygen atoms in total. The van der Waals surface area contributed by atoms with Crippen LogP contribution in [0.2, 0.25) is 0 Å². The molecule has 3 heteroatoms. The first-order valence-electron chi connectivity index (χ1n) is 6.80. The molecule has 1 unspecified atom stereocenters. The predicted molar refractivity (Wildman–Crippen MR) is 74.4 cm³/mol. The number of anilines is 1. The summed E-state index contributed by atoms with van der Waals surface area (Å²) in [5.74, 6) is -0.236. The standard InChI is InChI=1S/C15H24FNO/c1-3-4-5-6-7-14(11-18)17-15-9-12(2)8-13(16)10-15/h8-10,14,17-18H,3-7,11H2,1-2H3. The van der Waals surface area contributed by atoms with Crippen molar-refractivity contribution in [2.24, 2.45) is 0 Å². The van der Waals surface area contributed by atoms with Gasteiger partial charge in [0.25, 0.3) is 0 Å². The quantitative estimate of drug-likeness (QED) is 0.689. The van der Waals surface area contributed by atoms with Gasteiger partial charge in [-0.15, -0.1) is 0 Å². The Bertz CT molecular complexity index is 334. The van der Waals surface area contributed by atoms with Gasteiger partial charge in [0, 0.05) is 11.7 Å². The van der Waals surface area contributed by atoms with Gasteiger partial charge in [0.05, 0.1) is 6.61 Å². The third-order valence-electron chi connectivity index (χ3n) is 3.04. The summed E-state index contributed by atoms with van der Waals surface area (Å²) in [6, 6.07) is 4.89. The zero-order chi connectivity index (χ0) is 13.4. The van der Waals surface area contributed by atoms with Gasteiger partial charge < -0.3 is 10.4 Å². The van der Waals surface area contributed by atoms with E-state index in [-0.39, 0.29) is 18.5 Å². The first-order valence-corrected chi connectivity index (χ1v) is 6.80.